The molecular weight excluding hydrogens is 208 g/mol. The van der Waals surface area contributed by atoms with Gasteiger partial charge in [-0.05, 0) is 18.4 Å². The average Bonchev–Trinajstić information content (AvgIpc) is 2.29. The fourth-order valence-corrected chi connectivity index (χ4v) is 1.39. The molecule has 1 aromatic carbocycles. The first-order valence-corrected chi connectivity index (χ1v) is 6.18. The molecule has 0 spiro atoms. The topological polar surface area (TPSA) is 18.5 Å². The zero-order valence-electron chi connectivity index (χ0n) is 9.10. The van der Waals surface area contributed by atoms with Crippen molar-refractivity contribution in [2.45, 2.75) is 0 Å². The molecule has 0 unspecified atom stereocenters. The predicted octanol–water partition coefficient (Wildman–Crippen LogP) is 3.05. The van der Waals surface area contributed by atoms with Crippen LogP contribution in [0.3, 0.4) is 0 Å². The first-order valence-electron chi connectivity index (χ1n) is 4.78. The molecule has 0 aliphatic rings. The summed E-state index contributed by atoms with van der Waals surface area (Å²) in [6.07, 6.45) is 5.69. The summed E-state index contributed by atoms with van der Waals surface area (Å²) in [6, 6.07) is 7.85. The third-order valence-corrected chi connectivity index (χ3v) is 2.46. The fourth-order valence-electron chi connectivity index (χ4n) is 1.13. The summed E-state index contributed by atoms with van der Waals surface area (Å²) < 4.78 is 10.5. The maximum atomic E-state index is 5.32. The zero-order valence-corrected chi connectivity index (χ0v) is 9.92. The van der Waals surface area contributed by atoms with Crippen molar-refractivity contribution in [3.63, 3.8) is 0 Å². The Hall–Kier alpha value is -1.09. The molecule has 0 saturated heterocycles. The lowest BCUT2D eigenvalue weighted by Crippen LogP contribution is -1.90. The van der Waals surface area contributed by atoms with E-state index in [4.69, 9.17) is 9.47 Å². The van der Waals surface area contributed by atoms with Gasteiger partial charge in [-0.25, -0.2) is 0 Å². The van der Waals surface area contributed by atoms with Crippen LogP contribution in [0.25, 0.3) is 6.08 Å². The summed E-state index contributed by atoms with van der Waals surface area (Å²) in [4.78, 5) is 0. The molecule has 3 heteroatoms. The molecule has 1 aromatic rings. The van der Waals surface area contributed by atoms with E-state index in [1.165, 1.54) is 0 Å². The van der Waals surface area contributed by atoms with Crippen LogP contribution in [0, 0.1) is 0 Å². The van der Waals surface area contributed by atoms with Gasteiger partial charge in [0.05, 0.1) is 20.0 Å². The molecule has 0 N–H and O–H groups in total. The fraction of sp³-hybridized carbons (Fsp3) is 0.333. The van der Waals surface area contributed by atoms with Gasteiger partial charge in [-0.3, -0.25) is 0 Å². The van der Waals surface area contributed by atoms with Crippen molar-refractivity contribution >= 4 is 17.8 Å². The van der Waals surface area contributed by atoms with Gasteiger partial charge in [0, 0.05) is 11.3 Å². The van der Waals surface area contributed by atoms with E-state index in [1.54, 1.807) is 25.1 Å². The van der Waals surface area contributed by atoms with Crippen LogP contribution in [0.2, 0.25) is 0 Å². The molecule has 0 atom stereocenters. The minimum atomic E-state index is 0.743. The van der Waals surface area contributed by atoms with E-state index in [0.717, 1.165) is 23.7 Å². The first kappa shape index (κ1) is 12.0. The highest BCUT2D eigenvalue weighted by Gasteiger charge is 1.95. The number of benzene rings is 1. The summed E-state index contributed by atoms with van der Waals surface area (Å²) >= 11 is 1.77. The Labute approximate surface area is 95.3 Å². The molecule has 0 radical (unpaired) electrons. The second kappa shape index (κ2) is 7.23. The van der Waals surface area contributed by atoms with Gasteiger partial charge in [-0.15, -0.1) is 0 Å². The van der Waals surface area contributed by atoms with Gasteiger partial charge in [0.25, 0.3) is 0 Å². The Balaban J connectivity index is 2.48. The number of para-hydroxylation sites is 1. The summed E-state index contributed by atoms with van der Waals surface area (Å²) in [7, 11) is 1.67. The van der Waals surface area contributed by atoms with E-state index < -0.39 is 0 Å². The smallest absolute Gasteiger partial charge is 0.126 e. The van der Waals surface area contributed by atoms with E-state index in [1.807, 2.05) is 30.3 Å². The highest BCUT2D eigenvalue weighted by atomic mass is 32.2. The molecule has 0 aliphatic heterocycles. The van der Waals surface area contributed by atoms with Crippen molar-refractivity contribution in [3.8, 4) is 5.75 Å². The minimum Gasteiger partial charge on any atom is -0.500 e. The highest BCUT2D eigenvalue weighted by molar-refractivity contribution is 7.98. The number of thioether (sulfide) groups is 1. The Bertz CT molecular complexity index is 310. The molecule has 0 aliphatic carbocycles. The normalized spacial score (nSPS) is 10.5. The second-order valence-electron chi connectivity index (χ2n) is 2.91. The number of ether oxygens (including phenoxy) is 2. The molecule has 82 valence electrons. The van der Waals surface area contributed by atoms with E-state index in [-0.39, 0.29) is 0 Å². The first-order chi connectivity index (χ1) is 7.38. The number of rotatable bonds is 6. The SMILES string of the molecule is COc1ccccc1/C=C/OCCSC. The van der Waals surface area contributed by atoms with Crippen molar-refractivity contribution in [2.75, 3.05) is 25.7 Å². The summed E-state index contributed by atoms with van der Waals surface area (Å²) in [5.41, 5.74) is 1.03. The van der Waals surface area contributed by atoms with Crippen LogP contribution in [0.4, 0.5) is 0 Å². The van der Waals surface area contributed by atoms with Gasteiger partial charge < -0.3 is 9.47 Å². The molecule has 15 heavy (non-hydrogen) atoms. The maximum absolute atomic E-state index is 5.32. The summed E-state index contributed by atoms with van der Waals surface area (Å²) in [5, 5.41) is 0. The molecule has 0 saturated carbocycles. The number of hydrogen-bond donors (Lipinski definition) is 0. The van der Waals surface area contributed by atoms with Crippen molar-refractivity contribution in [1.82, 2.24) is 0 Å². The van der Waals surface area contributed by atoms with Crippen LogP contribution in [-0.4, -0.2) is 25.7 Å². The zero-order chi connectivity index (χ0) is 10.9. The van der Waals surface area contributed by atoms with Crippen molar-refractivity contribution < 1.29 is 9.47 Å². The van der Waals surface area contributed by atoms with Gasteiger partial charge in [-0.2, -0.15) is 11.8 Å². The molecule has 0 fully saturated rings. The average molecular weight is 224 g/mol. The standard InChI is InChI=1S/C12H16O2S/c1-13-12-6-4-3-5-11(12)7-8-14-9-10-15-2/h3-8H,9-10H2,1-2H3/b8-7+. The highest BCUT2D eigenvalue weighted by Crippen LogP contribution is 2.18. The lowest BCUT2D eigenvalue weighted by Gasteiger charge is -2.03. The van der Waals surface area contributed by atoms with E-state index >= 15 is 0 Å². The Morgan fingerprint density at radius 1 is 1.33 bits per heavy atom. The molecule has 0 bridgehead atoms. The van der Waals surface area contributed by atoms with E-state index in [9.17, 15) is 0 Å². The van der Waals surface area contributed by atoms with Crippen molar-refractivity contribution in [2.24, 2.45) is 0 Å². The molecule has 2 nitrogen and oxygen atoms in total. The van der Waals surface area contributed by atoms with E-state index in [2.05, 4.69) is 6.26 Å². The number of methoxy groups -OCH3 is 1. The lowest BCUT2D eigenvalue weighted by atomic mass is 10.2. The molecule has 0 aromatic heterocycles. The van der Waals surface area contributed by atoms with Crippen LogP contribution >= 0.6 is 11.8 Å². The summed E-state index contributed by atoms with van der Waals surface area (Å²) in [5.74, 6) is 1.87. The van der Waals surface area contributed by atoms with Crippen LogP contribution in [0.15, 0.2) is 30.5 Å². The quantitative estimate of drug-likeness (QED) is 0.546. The lowest BCUT2D eigenvalue weighted by molar-refractivity contribution is 0.275. The second-order valence-corrected chi connectivity index (χ2v) is 3.89. The predicted molar refractivity (Wildman–Crippen MR) is 66.4 cm³/mol. The Morgan fingerprint density at radius 3 is 2.87 bits per heavy atom. The van der Waals surface area contributed by atoms with Crippen molar-refractivity contribution in [3.05, 3.63) is 36.1 Å². The minimum absolute atomic E-state index is 0.743. The van der Waals surface area contributed by atoms with Gasteiger partial charge in [0.2, 0.25) is 0 Å². The largest absolute Gasteiger partial charge is 0.500 e. The Kier molecular flexibility index (Phi) is 5.78. The molecular formula is C12H16O2S. The third kappa shape index (κ3) is 4.30. The van der Waals surface area contributed by atoms with Crippen LogP contribution < -0.4 is 4.74 Å². The van der Waals surface area contributed by atoms with Crippen LogP contribution in [-0.2, 0) is 4.74 Å². The monoisotopic (exact) mass is 224 g/mol. The number of hydrogen-bond acceptors (Lipinski definition) is 3. The Morgan fingerprint density at radius 2 is 2.13 bits per heavy atom. The molecule has 0 amide bonds. The van der Waals surface area contributed by atoms with Gasteiger partial charge in [0.1, 0.15) is 5.75 Å². The van der Waals surface area contributed by atoms with Crippen LogP contribution in [0.5, 0.6) is 5.75 Å². The molecule has 1 rings (SSSR count). The van der Waals surface area contributed by atoms with Gasteiger partial charge in [-0.1, -0.05) is 18.2 Å². The van der Waals surface area contributed by atoms with Gasteiger partial charge >= 0.3 is 0 Å². The summed E-state index contributed by atoms with van der Waals surface area (Å²) in [6.45, 7) is 0.743. The van der Waals surface area contributed by atoms with Gasteiger partial charge in [0.15, 0.2) is 0 Å². The maximum Gasteiger partial charge on any atom is 0.126 e. The molecule has 0 heterocycles. The van der Waals surface area contributed by atoms with E-state index in [0.29, 0.717) is 0 Å². The third-order valence-electron chi connectivity index (χ3n) is 1.89. The van der Waals surface area contributed by atoms with Crippen LogP contribution in [0.1, 0.15) is 5.56 Å². The van der Waals surface area contributed by atoms with Crippen molar-refractivity contribution in [1.29, 1.82) is 0 Å².